The van der Waals surface area contributed by atoms with Crippen molar-refractivity contribution in [2.75, 3.05) is 12.4 Å². The van der Waals surface area contributed by atoms with E-state index >= 15 is 0 Å². The molecule has 1 aromatic rings. The number of amidine groups is 1. The Morgan fingerprint density at radius 2 is 2.56 bits per heavy atom. The third-order valence-electron chi connectivity index (χ3n) is 2.41. The molecule has 5 nitrogen and oxygen atoms in total. The topological polar surface area (TPSA) is 84.9 Å². The van der Waals surface area contributed by atoms with Gasteiger partial charge < -0.3 is 10.5 Å². The van der Waals surface area contributed by atoms with E-state index < -0.39 is 0 Å². The summed E-state index contributed by atoms with van der Waals surface area (Å²) in [6, 6.07) is 1.72. The maximum Gasteiger partial charge on any atom is 0.130 e. The van der Waals surface area contributed by atoms with Gasteiger partial charge in [-0.1, -0.05) is 0 Å². The van der Waals surface area contributed by atoms with E-state index in [1.807, 2.05) is 0 Å². The number of thioether (sulfide) groups is 1. The van der Waals surface area contributed by atoms with Crippen LogP contribution in [0.15, 0.2) is 17.3 Å². The van der Waals surface area contributed by atoms with Crippen LogP contribution in [-0.2, 0) is 4.74 Å². The van der Waals surface area contributed by atoms with Gasteiger partial charge in [-0.15, -0.1) is 16.9 Å². The Bertz CT molecular complexity index is 379. The molecule has 1 atom stereocenters. The molecule has 1 saturated heterocycles. The molecule has 1 aromatic heterocycles. The molecule has 16 heavy (non-hydrogen) atoms. The van der Waals surface area contributed by atoms with Crippen LogP contribution in [0.4, 0.5) is 0 Å². The number of nitrogen functional groups attached to an aromatic ring is 1. The molecule has 0 spiro atoms. The number of nitrogens with one attached hydrogen (secondary N) is 1. The summed E-state index contributed by atoms with van der Waals surface area (Å²) < 4.78 is 5.52. The zero-order valence-corrected chi connectivity index (χ0v) is 9.67. The van der Waals surface area contributed by atoms with Gasteiger partial charge in [-0.3, -0.25) is 5.41 Å². The third-order valence-corrected chi connectivity index (χ3v) is 3.52. The van der Waals surface area contributed by atoms with Gasteiger partial charge in [0.2, 0.25) is 0 Å². The number of hydrogen-bond donors (Lipinski definition) is 2. The zero-order valence-electron chi connectivity index (χ0n) is 8.85. The fourth-order valence-corrected chi connectivity index (χ4v) is 2.62. The van der Waals surface area contributed by atoms with Crippen molar-refractivity contribution in [3.8, 4) is 0 Å². The normalized spacial score (nSPS) is 19.9. The van der Waals surface area contributed by atoms with Gasteiger partial charge in [-0.25, -0.2) is 0 Å². The first-order valence-corrected chi connectivity index (χ1v) is 6.16. The van der Waals surface area contributed by atoms with E-state index in [4.69, 9.17) is 15.9 Å². The Morgan fingerprint density at radius 1 is 1.69 bits per heavy atom. The SMILES string of the molecule is N=C(N)c1ccnnc1SCC1CCCO1. The molecule has 1 unspecified atom stereocenters. The van der Waals surface area contributed by atoms with Gasteiger partial charge in [0.05, 0.1) is 17.9 Å². The highest BCUT2D eigenvalue weighted by molar-refractivity contribution is 7.99. The first-order chi connectivity index (χ1) is 7.77. The summed E-state index contributed by atoms with van der Waals surface area (Å²) >= 11 is 1.55. The maximum absolute atomic E-state index is 7.43. The lowest BCUT2D eigenvalue weighted by molar-refractivity contribution is 0.129. The molecule has 1 fully saturated rings. The zero-order chi connectivity index (χ0) is 11.4. The lowest BCUT2D eigenvalue weighted by atomic mass is 10.3. The summed E-state index contributed by atoms with van der Waals surface area (Å²) in [5.41, 5.74) is 6.12. The van der Waals surface area contributed by atoms with E-state index in [0.717, 1.165) is 25.2 Å². The first kappa shape index (κ1) is 11.3. The van der Waals surface area contributed by atoms with Crippen LogP contribution in [0.1, 0.15) is 18.4 Å². The quantitative estimate of drug-likeness (QED) is 0.465. The number of rotatable bonds is 4. The van der Waals surface area contributed by atoms with Crippen molar-refractivity contribution in [3.05, 3.63) is 17.8 Å². The summed E-state index contributed by atoms with van der Waals surface area (Å²) in [6.07, 6.45) is 4.08. The molecule has 86 valence electrons. The fourth-order valence-electron chi connectivity index (χ4n) is 1.58. The van der Waals surface area contributed by atoms with Crippen molar-refractivity contribution >= 4 is 17.6 Å². The van der Waals surface area contributed by atoms with Crippen LogP contribution < -0.4 is 5.73 Å². The largest absolute Gasteiger partial charge is 0.384 e. The molecule has 1 aliphatic heterocycles. The second kappa shape index (κ2) is 5.27. The smallest absolute Gasteiger partial charge is 0.130 e. The highest BCUT2D eigenvalue weighted by Crippen LogP contribution is 2.24. The predicted molar refractivity (Wildman–Crippen MR) is 62.7 cm³/mol. The van der Waals surface area contributed by atoms with Crippen LogP contribution in [-0.4, -0.2) is 34.5 Å². The second-order valence-electron chi connectivity index (χ2n) is 3.61. The van der Waals surface area contributed by atoms with Gasteiger partial charge in [-0.2, -0.15) is 5.10 Å². The van der Waals surface area contributed by atoms with Crippen molar-refractivity contribution < 1.29 is 4.74 Å². The lowest BCUT2D eigenvalue weighted by Gasteiger charge is -2.09. The molecule has 2 heterocycles. The monoisotopic (exact) mass is 238 g/mol. The molecular formula is C10H14N4OS. The van der Waals surface area contributed by atoms with Crippen LogP contribution in [0.2, 0.25) is 0 Å². The average Bonchev–Trinajstić information content (AvgIpc) is 2.79. The molecule has 0 bridgehead atoms. The number of hydrogen-bond acceptors (Lipinski definition) is 5. The number of aromatic nitrogens is 2. The van der Waals surface area contributed by atoms with Gasteiger partial charge in [0, 0.05) is 12.4 Å². The lowest BCUT2D eigenvalue weighted by Crippen LogP contribution is -2.15. The summed E-state index contributed by atoms with van der Waals surface area (Å²) in [4.78, 5) is 0. The summed E-state index contributed by atoms with van der Waals surface area (Å²) in [5.74, 6) is 0.878. The minimum absolute atomic E-state index is 0.0322. The van der Waals surface area contributed by atoms with Crippen LogP contribution in [0.5, 0.6) is 0 Å². The van der Waals surface area contributed by atoms with E-state index in [-0.39, 0.29) is 5.84 Å². The van der Waals surface area contributed by atoms with Gasteiger partial charge in [0.1, 0.15) is 10.9 Å². The highest BCUT2D eigenvalue weighted by Gasteiger charge is 2.17. The summed E-state index contributed by atoms with van der Waals surface area (Å²) in [6.45, 7) is 0.852. The molecular weight excluding hydrogens is 224 g/mol. The molecule has 0 amide bonds. The van der Waals surface area contributed by atoms with Crippen LogP contribution in [0, 0.1) is 5.41 Å². The van der Waals surface area contributed by atoms with Crippen molar-refractivity contribution in [2.24, 2.45) is 5.73 Å². The Kier molecular flexibility index (Phi) is 3.74. The van der Waals surface area contributed by atoms with Gasteiger partial charge in [0.15, 0.2) is 0 Å². The average molecular weight is 238 g/mol. The molecule has 0 radical (unpaired) electrons. The van der Waals surface area contributed by atoms with Crippen molar-refractivity contribution in [1.82, 2.24) is 10.2 Å². The number of ether oxygens (including phenoxy) is 1. The minimum atomic E-state index is 0.0322. The minimum Gasteiger partial charge on any atom is -0.384 e. The van der Waals surface area contributed by atoms with E-state index in [1.165, 1.54) is 0 Å². The van der Waals surface area contributed by atoms with Crippen molar-refractivity contribution in [2.45, 2.75) is 24.0 Å². The van der Waals surface area contributed by atoms with E-state index in [0.29, 0.717) is 16.7 Å². The molecule has 0 aromatic carbocycles. The standard InChI is InChI=1S/C10H14N4OS/c11-9(12)8-3-4-13-14-10(8)16-6-7-2-1-5-15-7/h3-4,7H,1-2,5-6H2,(H3,11,12). The van der Waals surface area contributed by atoms with Crippen LogP contribution in [0.3, 0.4) is 0 Å². The number of nitrogens with zero attached hydrogens (tertiary/aromatic N) is 2. The van der Waals surface area contributed by atoms with E-state index in [9.17, 15) is 0 Å². The van der Waals surface area contributed by atoms with Crippen molar-refractivity contribution in [3.63, 3.8) is 0 Å². The second-order valence-corrected chi connectivity index (χ2v) is 4.62. The maximum atomic E-state index is 7.43. The molecule has 0 saturated carbocycles. The van der Waals surface area contributed by atoms with Crippen molar-refractivity contribution in [1.29, 1.82) is 5.41 Å². The summed E-state index contributed by atoms with van der Waals surface area (Å²) in [7, 11) is 0. The predicted octanol–water partition coefficient (Wildman–Crippen LogP) is 1.03. The fraction of sp³-hybridized carbons (Fsp3) is 0.500. The van der Waals surface area contributed by atoms with Crippen LogP contribution in [0.25, 0.3) is 0 Å². The first-order valence-electron chi connectivity index (χ1n) is 5.18. The highest BCUT2D eigenvalue weighted by atomic mass is 32.2. The Morgan fingerprint density at radius 3 is 3.25 bits per heavy atom. The molecule has 3 N–H and O–H groups in total. The number of nitrogens with two attached hydrogens (primary N) is 1. The molecule has 1 aliphatic rings. The summed E-state index contributed by atoms with van der Waals surface area (Å²) in [5, 5.41) is 15.9. The third kappa shape index (κ3) is 2.70. The van der Waals surface area contributed by atoms with Crippen LogP contribution >= 0.6 is 11.8 Å². The van der Waals surface area contributed by atoms with E-state index in [1.54, 1.807) is 24.0 Å². The van der Waals surface area contributed by atoms with Gasteiger partial charge in [0.25, 0.3) is 0 Å². The molecule has 0 aliphatic carbocycles. The van der Waals surface area contributed by atoms with Gasteiger partial charge in [-0.05, 0) is 18.9 Å². The molecule has 6 heteroatoms. The Labute approximate surface area is 98.3 Å². The Hall–Kier alpha value is -1.14. The molecule has 2 rings (SSSR count). The van der Waals surface area contributed by atoms with Gasteiger partial charge >= 0.3 is 0 Å². The van der Waals surface area contributed by atoms with E-state index in [2.05, 4.69) is 10.2 Å². The Balaban J connectivity index is 2.00.